The summed E-state index contributed by atoms with van der Waals surface area (Å²) in [5.74, 6) is 1.67. The Morgan fingerprint density at radius 1 is 1.60 bits per heavy atom. The first-order chi connectivity index (χ1) is 7.22. The van der Waals surface area contributed by atoms with Crippen LogP contribution in [-0.2, 0) is 7.05 Å². The largest absolute Gasteiger partial charge is 0.493 e. The SMILES string of the molecule is COc1cnn(C)c1C1CC(C)CCN1. The van der Waals surface area contributed by atoms with E-state index in [0.717, 1.165) is 24.6 Å². The van der Waals surface area contributed by atoms with Crippen molar-refractivity contribution in [1.82, 2.24) is 15.1 Å². The van der Waals surface area contributed by atoms with Crippen LogP contribution in [0.1, 0.15) is 31.5 Å². The summed E-state index contributed by atoms with van der Waals surface area (Å²) in [7, 11) is 3.67. The van der Waals surface area contributed by atoms with Gasteiger partial charge in [0, 0.05) is 7.05 Å². The first-order valence-electron chi connectivity index (χ1n) is 5.51. The maximum absolute atomic E-state index is 5.33. The van der Waals surface area contributed by atoms with Gasteiger partial charge in [0.2, 0.25) is 0 Å². The van der Waals surface area contributed by atoms with Gasteiger partial charge >= 0.3 is 0 Å². The van der Waals surface area contributed by atoms with Crippen LogP contribution in [0, 0.1) is 5.92 Å². The summed E-state index contributed by atoms with van der Waals surface area (Å²) in [6.45, 7) is 3.39. The molecular weight excluding hydrogens is 190 g/mol. The summed E-state index contributed by atoms with van der Waals surface area (Å²) < 4.78 is 7.24. The lowest BCUT2D eigenvalue weighted by Crippen LogP contribution is -2.32. The van der Waals surface area contributed by atoms with E-state index in [1.54, 1.807) is 13.3 Å². The quantitative estimate of drug-likeness (QED) is 0.802. The van der Waals surface area contributed by atoms with Crippen molar-refractivity contribution in [1.29, 1.82) is 0 Å². The molecule has 0 amide bonds. The van der Waals surface area contributed by atoms with Gasteiger partial charge in [-0.2, -0.15) is 5.10 Å². The molecule has 4 heteroatoms. The number of aryl methyl sites for hydroxylation is 1. The van der Waals surface area contributed by atoms with Gasteiger partial charge in [-0.15, -0.1) is 0 Å². The second kappa shape index (κ2) is 4.23. The molecule has 0 saturated carbocycles. The van der Waals surface area contributed by atoms with E-state index in [1.807, 2.05) is 11.7 Å². The third kappa shape index (κ3) is 2.00. The van der Waals surface area contributed by atoms with Crippen LogP contribution in [0.15, 0.2) is 6.20 Å². The number of nitrogens with zero attached hydrogens (tertiary/aromatic N) is 2. The third-order valence-electron chi connectivity index (χ3n) is 3.17. The fourth-order valence-corrected chi connectivity index (χ4v) is 2.30. The average Bonchev–Trinajstić information content (AvgIpc) is 2.59. The first-order valence-corrected chi connectivity index (χ1v) is 5.51. The Kier molecular flexibility index (Phi) is 2.95. The van der Waals surface area contributed by atoms with Gasteiger partial charge < -0.3 is 10.1 Å². The Morgan fingerprint density at radius 3 is 3.07 bits per heavy atom. The van der Waals surface area contributed by atoms with E-state index in [9.17, 15) is 0 Å². The molecule has 0 radical (unpaired) electrons. The average molecular weight is 209 g/mol. The lowest BCUT2D eigenvalue weighted by Gasteiger charge is -2.28. The molecule has 2 atom stereocenters. The van der Waals surface area contributed by atoms with Crippen LogP contribution in [-0.4, -0.2) is 23.4 Å². The standard InChI is InChI=1S/C11H19N3O/c1-8-4-5-12-9(6-8)11-10(15-3)7-13-14(11)2/h7-9,12H,4-6H2,1-3H3. The number of aromatic nitrogens is 2. The molecule has 2 unspecified atom stereocenters. The van der Waals surface area contributed by atoms with Gasteiger partial charge in [-0.3, -0.25) is 4.68 Å². The fourth-order valence-electron chi connectivity index (χ4n) is 2.30. The molecule has 1 N–H and O–H groups in total. The minimum atomic E-state index is 0.385. The second-order valence-electron chi connectivity index (χ2n) is 4.36. The van der Waals surface area contributed by atoms with Crippen LogP contribution in [0.5, 0.6) is 5.75 Å². The van der Waals surface area contributed by atoms with E-state index < -0.39 is 0 Å². The molecule has 1 saturated heterocycles. The predicted octanol–water partition coefficient (Wildman–Crippen LogP) is 1.49. The van der Waals surface area contributed by atoms with Gasteiger partial charge in [0.05, 0.1) is 25.0 Å². The van der Waals surface area contributed by atoms with Crippen molar-refractivity contribution in [2.24, 2.45) is 13.0 Å². The van der Waals surface area contributed by atoms with Crippen molar-refractivity contribution < 1.29 is 4.74 Å². The topological polar surface area (TPSA) is 39.1 Å². The second-order valence-corrected chi connectivity index (χ2v) is 4.36. The summed E-state index contributed by atoms with van der Waals surface area (Å²) in [5.41, 5.74) is 1.17. The zero-order chi connectivity index (χ0) is 10.8. The lowest BCUT2D eigenvalue weighted by atomic mass is 9.92. The van der Waals surface area contributed by atoms with Crippen molar-refractivity contribution in [3.63, 3.8) is 0 Å². The van der Waals surface area contributed by atoms with Crippen LogP contribution in [0.4, 0.5) is 0 Å². The molecule has 0 aromatic carbocycles. The number of ether oxygens (including phenoxy) is 1. The number of nitrogens with one attached hydrogen (secondary N) is 1. The normalized spacial score (nSPS) is 26.6. The van der Waals surface area contributed by atoms with Crippen LogP contribution in [0.25, 0.3) is 0 Å². The van der Waals surface area contributed by atoms with Crippen molar-refractivity contribution in [2.45, 2.75) is 25.8 Å². The minimum Gasteiger partial charge on any atom is -0.493 e. The Balaban J connectivity index is 2.23. The fraction of sp³-hybridized carbons (Fsp3) is 0.727. The Hall–Kier alpha value is -1.03. The Bertz CT molecular complexity index is 335. The highest BCUT2D eigenvalue weighted by Crippen LogP contribution is 2.31. The molecule has 0 bridgehead atoms. The molecular formula is C11H19N3O. The molecule has 0 aliphatic carbocycles. The molecule has 4 nitrogen and oxygen atoms in total. The summed E-state index contributed by atoms with van der Waals surface area (Å²) in [5, 5.41) is 7.77. The van der Waals surface area contributed by atoms with E-state index in [0.29, 0.717) is 6.04 Å². The molecule has 1 aromatic heterocycles. The summed E-state index contributed by atoms with van der Waals surface area (Å²) >= 11 is 0. The van der Waals surface area contributed by atoms with Gasteiger partial charge in [0.15, 0.2) is 5.75 Å². The first kappa shape index (κ1) is 10.5. The van der Waals surface area contributed by atoms with Crippen LogP contribution in [0.2, 0.25) is 0 Å². The number of hydrogen-bond donors (Lipinski definition) is 1. The number of rotatable bonds is 2. The van der Waals surface area contributed by atoms with E-state index >= 15 is 0 Å². The zero-order valence-electron chi connectivity index (χ0n) is 9.66. The van der Waals surface area contributed by atoms with Crippen molar-refractivity contribution in [3.05, 3.63) is 11.9 Å². The zero-order valence-corrected chi connectivity index (χ0v) is 9.66. The van der Waals surface area contributed by atoms with E-state index in [4.69, 9.17) is 4.74 Å². The molecule has 1 fully saturated rings. The Labute approximate surface area is 90.6 Å². The Morgan fingerprint density at radius 2 is 2.40 bits per heavy atom. The van der Waals surface area contributed by atoms with Crippen LogP contribution < -0.4 is 10.1 Å². The summed E-state index contributed by atoms with van der Waals surface area (Å²) in [6, 6.07) is 0.385. The molecule has 15 heavy (non-hydrogen) atoms. The third-order valence-corrected chi connectivity index (χ3v) is 3.17. The molecule has 2 heterocycles. The van der Waals surface area contributed by atoms with Crippen molar-refractivity contribution >= 4 is 0 Å². The highest BCUT2D eigenvalue weighted by atomic mass is 16.5. The lowest BCUT2D eigenvalue weighted by molar-refractivity contribution is 0.304. The smallest absolute Gasteiger partial charge is 0.161 e. The van der Waals surface area contributed by atoms with Crippen molar-refractivity contribution in [3.8, 4) is 5.75 Å². The van der Waals surface area contributed by atoms with E-state index in [-0.39, 0.29) is 0 Å². The van der Waals surface area contributed by atoms with Gasteiger partial charge in [0.1, 0.15) is 0 Å². The van der Waals surface area contributed by atoms with Gasteiger partial charge in [-0.1, -0.05) is 6.92 Å². The maximum atomic E-state index is 5.33. The van der Waals surface area contributed by atoms with Gasteiger partial charge in [-0.05, 0) is 25.3 Å². The summed E-state index contributed by atoms with van der Waals surface area (Å²) in [6.07, 6.45) is 4.21. The minimum absolute atomic E-state index is 0.385. The summed E-state index contributed by atoms with van der Waals surface area (Å²) in [4.78, 5) is 0. The van der Waals surface area contributed by atoms with Crippen LogP contribution >= 0.6 is 0 Å². The maximum Gasteiger partial charge on any atom is 0.161 e. The highest BCUT2D eigenvalue weighted by Gasteiger charge is 2.25. The van der Waals surface area contributed by atoms with E-state index in [2.05, 4.69) is 17.3 Å². The molecule has 1 aliphatic rings. The predicted molar refractivity (Wildman–Crippen MR) is 58.9 cm³/mol. The number of piperidine rings is 1. The highest BCUT2D eigenvalue weighted by molar-refractivity contribution is 5.28. The molecule has 1 aromatic rings. The molecule has 0 spiro atoms. The molecule has 1 aliphatic heterocycles. The monoisotopic (exact) mass is 209 g/mol. The molecule has 2 rings (SSSR count). The van der Waals surface area contributed by atoms with Gasteiger partial charge in [-0.25, -0.2) is 0 Å². The number of hydrogen-bond acceptors (Lipinski definition) is 3. The van der Waals surface area contributed by atoms with Crippen molar-refractivity contribution in [2.75, 3.05) is 13.7 Å². The van der Waals surface area contributed by atoms with Crippen LogP contribution in [0.3, 0.4) is 0 Å². The molecule has 84 valence electrons. The van der Waals surface area contributed by atoms with Gasteiger partial charge in [0.25, 0.3) is 0 Å². The van der Waals surface area contributed by atoms with E-state index in [1.165, 1.54) is 12.1 Å². The number of methoxy groups -OCH3 is 1.